The van der Waals surface area contributed by atoms with E-state index in [9.17, 15) is 9.18 Å². The number of rotatable bonds is 4. The highest BCUT2D eigenvalue weighted by Crippen LogP contribution is 2.30. The largest absolute Gasteiger partial charge is 0.366 e. The summed E-state index contributed by atoms with van der Waals surface area (Å²) in [6, 6.07) is 8.03. The molecule has 4 rings (SSSR count). The van der Waals surface area contributed by atoms with Crippen molar-refractivity contribution in [3.05, 3.63) is 53.6 Å². The summed E-state index contributed by atoms with van der Waals surface area (Å²) in [6.07, 6.45) is 5.43. The first kappa shape index (κ1) is 15.8. The maximum atomic E-state index is 14.8. The van der Waals surface area contributed by atoms with Crippen LogP contribution in [-0.4, -0.2) is 33.9 Å². The van der Waals surface area contributed by atoms with Crippen LogP contribution in [0.1, 0.15) is 28.8 Å². The average molecular weight is 337 g/mol. The minimum absolute atomic E-state index is 0.234. The predicted octanol–water partition coefficient (Wildman–Crippen LogP) is 2.86. The van der Waals surface area contributed by atoms with Crippen molar-refractivity contribution in [2.45, 2.75) is 19.4 Å². The Labute approximate surface area is 144 Å². The highest BCUT2D eigenvalue weighted by atomic mass is 19.1. The number of pyridine rings is 1. The van der Waals surface area contributed by atoms with Gasteiger partial charge in [0.2, 0.25) is 5.91 Å². The summed E-state index contributed by atoms with van der Waals surface area (Å²) in [5.41, 5.74) is 7.91. The van der Waals surface area contributed by atoms with E-state index in [4.69, 9.17) is 5.73 Å². The van der Waals surface area contributed by atoms with E-state index in [0.29, 0.717) is 22.2 Å². The van der Waals surface area contributed by atoms with Crippen molar-refractivity contribution in [2.24, 2.45) is 5.73 Å². The van der Waals surface area contributed by atoms with E-state index < -0.39 is 5.91 Å². The summed E-state index contributed by atoms with van der Waals surface area (Å²) >= 11 is 0. The lowest BCUT2D eigenvalue weighted by Crippen LogP contribution is -2.18. The van der Waals surface area contributed by atoms with Gasteiger partial charge in [-0.15, -0.1) is 0 Å². The Balaban J connectivity index is 1.75. The first-order valence-corrected chi connectivity index (χ1v) is 8.32. The van der Waals surface area contributed by atoms with Gasteiger partial charge in [0.15, 0.2) is 0 Å². The number of halogens is 1. The second-order valence-electron chi connectivity index (χ2n) is 6.37. The van der Waals surface area contributed by atoms with Gasteiger partial charge in [-0.3, -0.25) is 9.69 Å². The SMILES string of the molecule is NC(=O)c1c(-c2ccc(CN3CCCC3)cc2F)cnc2[nH]c[c]c12. The smallest absolute Gasteiger partial charge is 0.250 e. The van der Waals surface area contributed by atoms with E-state index >= 15 is 0 Å². The molecule has 1 amide bonds. The van der Waals surface area contributed by atoms with Crippen LogP contribution in [-0.2, 0) is 6.54 Å². The topological polar surface area (TPSA) is 75.0 Å². The van der Waals surface area contributed by atoms with E-state index in [1.54, 1.807) is 12.3 Å². The van der Waals surface area contributed by atoms with Gasteiger partial charge in [0, 0.05) is 41.5 Å². The van der Waals surface area contributed by atoms with Crippen LogP contribution in [0.5, 0.6) is 0 Å². The molecule has 2 aromatic heterocycles. The normalized spacial score (nSPS) is 15.1. The van der Waals surface area contributed by atoms with Crippen LogP contribution in [0.25, 0.3) is 22.2 Å². The average Bonchev–Trinajstić information content (AvgIpc) is 3.25. The van der Waals surface area contributed by atoms with Crippen LogP contribution in [0.4, 0.5) is 4.39 Å². The number of hydrogen-bond acceptors (Lipinski definition) is 3. The van der Waals surface area contributed by atoms with Gasteiger partial charge in [0.1, 0.15) is 11.5 Å². The summed E-state index contributed by atoms with van der Waals surface area (Å²) in [6.45, 7) is 2.85. The quantitative estimate of drug-likeness (QED) is 0.769. The van der Waals surface area contributed by atoms with E-state index in [2.05, 4.69) is 20.9 Å². The summed E-state index contributed by atoms with van der Waals surface area (Å²) in [4.78, 5) is 21.4. The fraction of sp³-hybridized carbons (Fsp3) is 0.263. The summed E-state index contributed by atoms with van der Waals surface area (Å²) < 4.78 is 14.8. The number of H-pyrrole nitrogens is 1. The number of fused-ring (bicyclic) bond motifs is 1. The summed E-state index contributed by atoms with van der Waals surface area (Å²) in [5, 5.41) is 0.477. The lowest BCUT2D eigenvalue weighted by Gasteiger charge is -2.15. The Bertz CT molecular complexity index is 944. The number of aromatic amines is 1. The van der Waals surface area contributed by atoms with Crippen molar-refractivity contribution in [1.82, 2.24) is 14.9 Å². The van der Waals surface area contributed by atoms with Gasteiger partial charge in [-0.05, 0) is 37.6 Å². The molecule has 0 unspecified atom stereocenters. The molecule has 6 heteroatoms. The minimum Gasteiger partial charge on any atom is -0.366 e. The molecule has 1 aliphatic rings. The molecule has 1 aromatic carbocycles. The zero-order valence-electron chi connectivity index (χ0n) is 13.7. The van der Waals surface area contributed by atoms with Gasteiger partial charge in [-0.1, -0.05) is 12.1 Å². The number of nitrogens with zero attached hydrogens (tertiary/aromatic N) is 2. The number of carbonyl (C=O) groups is 1. The molecule has 3 heterocycles. The van der Waals surface area contributed by atoms with Gasteiger partial charge in [0.05, 0.1) is 5.56 Å². The molecule has 0 bridgehead atoms. The third kappa shape index (κ3) is 2.89. The van der Waals surface area contributed by atoms with Crippen LogP contribution in [0.3, 0.4) is 0 Å². The number of hydrogen-bond donors (Lipinski definition) is 2. The van der Waals surface area contributed by atoms with E-state index in [1.165, 1.54) is 25.1 Å². The molecule has 3 aromatic rings. The second-order valence-corrected chi connectivity index (χ2v) is 6.37. The van der Waals surface area contributed by atoms with E-state index in [1.807, 2.05) is 6.07 Å². The molecule has 1 aliphatic heterocycles. The van der Waals surface area contributed by atoms with Crippen LogP contribution in [0.15, 0.2) is 30.6 Å². The fourth-order valence-corrected chi connectivity index (χ4v) is 3.47. The Morgan fingerprint density at radius 3 is 2.84 bits per heavy atom. The number of carbonyl (C=O) groups excluding carboxylic acids is 1. The van der Waals surface area contributed by atoms with Crippen molar-refractivity contribution in [1.29, 1.82) is 0 Å². The lowest BCUT2D eigenvalue weighted by atomic mass is 9.97. The van der Waals surface area contributed by atoms with Crippen molar-refractivity contribution < 1.29 is 9.18 Å². The van der Waals surface area contributed by atoms with E-state index in [0.717, 1.165) is 25.2 Å². The molecule has 3 N–H and O–H groups in total. The van der Waals surface area contributed by atoms with Gasteiger partial charge in [0.25, 0.3) is 0 Å². The Morgan fingerprint density at radius 2 is 2.12 bits per heavy atom. The third-order valence-electron chi connectivity index (χ3n) is 4.68. The molecule has 25 heavy (non-hydrogen) atoms. The number of primary amides is 1. The zero-order valence-corrected chi connectivity index (χ0v) is 13.7. The molecule has 0 aliphatic carbocycles. The fourth-order valence-electron chi connectivity index (χ4n) is 3.47. The van der Waals surface area contributed by atoms with Crippen molar-refractivity contribution in [2.75, 3.05) is 13.1 Å². The number of amides is 1. The third-order valence-corrected chi connectivity index (χ3v) is 4.68. The Morgan fingerprint density at radius 1 is 1.32 bits per heavy atom. The molecule has 1 radical (unpaired) electrons. The van der Waals surface area contributed by atoms with Gasteiger partial charge >= 0.3 is 0 Å². The molecule has 1 saturated heterocycles. The highest BCUT2D eigenvalue weighted by molar-refractivity contribution is 6.10. The monoisotopic (exact) mass is 337 g/mol. The molecule has 0 atom stereocenters. The minimum atomic E-state index is -0.626. The standard InChI is InChI=1S/C19H18FN4O/c20-16-9-12(11-24-7-1-2-8-24)3-4-13(16)15-10-23-19-14(5-6-22-19)17(15)18(21)25/h3-4,6,9-10H,1-2,7-8,11H2,(H2,21,25)(H,22,23). The molecule has 1 fully saturated rings. The Kier molecular flexibility index (Phi) is 3.97. The first-order chi connectivity index (χ1) is 12.1. The second kappa shape index (κ2) is 6.29. The van der Waals surface area contributed by atoms with Gasteiger partial charge in [-0.25, -0.2) is 9.37 Å². The molecule has 0 spiro atoms. The molecular formula is C19H18FN4O. The number of benzene rings is 1. The first-order valence-electron chi connectivity index (χ1n) is 8.32. The van der Waals surface area contributed by atoms with Gasteiger partial charge in [-0.2, -0.15) is 0 Å². The molecule has 127 valence electrons. The molecule has 5 nitrogen and oxygen atoms in total. The van der Waals surface area contributed by atoms with Crippen LogP contribution in [0.2, 0.25) is 0 Å². The van der Waals surface area contributed by atoms with E-state index in [-0.39, 0.29) is 11.4 Å². The number of likely N-dealkylation sites (tertiary alicyclic amines) is 1. The predicted molar refractivity (Wildman–Crippen MR) is 93.4 cm³/mol. The highest BCUT2D eigenvalue weighted by Gasteiger charge is 2.19. The van der Waals surface area contributed by atoms with Crippen LogP contribution in [0, 0.1) is 11.9 Å². The van der Waals surface area contributed by atoms with Gasteiger partial charge < -0.3 is 10.7 Å². The van der Waals surface area contributed by atoms with Crippen molar-refractivity contribution >= 4 is 16.9 Å². The van der Waals surface area contributed by atoms with Crippen LogP contribution >= 0.6 is 0 Å². The number of nitrogens with one attached hydrogen (secondary N) is 1. The molecule has 0 saturated carbocycles. The summed E-state index contributed by atoms with van der Waals surface area (Å²) in [5.74, 6) is -1.00. The number of nitrogens with two attached hydrogens (primary N) is 1. The Hall–Kier alpha value is -2.73. The maximum Gasteiger partial charge on any atom is 0.250 e. The zero-order chi connectivity index (χ0) is 17.4. The van der Waals surface area contributed by atoms with Crippen LogP contribution < -0.4 is 5.73 Å². The summed E-state index contributed by atoms with van der Waals surface area (Å²) in [7, 11) is 0. The lowest BCUT2D eigenvalue weighted by molar-refractivity contribution is 0.100. The van der Waals surface area contributed by atoms with Crippen molar-refractivity contribution in [3.63, 3.8) is 0 Å². The maximum absolute atomic E-state index is 14.8. The molecular weight excluding hydrogens is 319 g/mol. The van der Waals surface area contributed by atoms with Crippen molar-refractivity contribution in [3.8, 4) is 11.1 Å². The number of aromatic nitrogens is 2.